The summed E-state index contributed by atoms with van der Waals surface area (Å²) in [5.41, 5.74) is 5.09. The van der Waals surface area contributed by atoms with E-state index in [1.807, 2.05) is 17.5 Å². The number of aliphatic hydroxyl groups is 1. The Hall–Kier alpha value is -0.910. The summed E-state index contributed by atoms with van der Waals surface area (Å²) in [5, 5.41) is 11.0. The summed E-state index contributed by atoms with van der Waals surface area (Å²) in [7, 11) is 0. The lowest BCUT2D eigenvalue weighted by Crippen LogP contribution is -2.31. The van der Waals surface area contributed by atoms with Crippen molar-refractivity contribution in [3.8, 4) is 0 Å². The number of ether oxygens (including phenoxy) is 1. The summed E-state index contributed by atoms with van der Waals surface area (Å²) in [6.07, 6.45) is -0.515. The van der Waals surface area contributed by atoms with Crippen LogP contribution >= 0.6 is 11.3 Å². The van der Waals surface area contributed by atoms with Crippen molar-refractivity contribution in [3.63, 3.8) is 0 Å². The highest BCUT2D eigenvalue weighted by Gasteiger charge is 2.13. The molecule has 1 aromatic heterocycles. The van der Waals surface area contributed by atoms with Crippen LogP contribution in [0.5, 0.6) is 0 Å². The zero-order valence-corrected chi connectivity index (χ0v) is 8.50. The SMILES string of the molecule is NCC(O)C(=O)OCCc1cccs1. The number of esters is 1. The first kappa shape index (κ1) is 11.2. The minimum Gasteiger partial charge on any atom is -0.463 e. The molecule has 4 nitrogen and oxygen atoms in total. The molecule has 0 aliphatic carbocycles. The van der Waals surface area contributed by atoms with E-state index < -0.39 is 12.1 Å². The first-order valence-electron chi connectivity index (χ1n) is 4.31. The number of aliphatic hydroxyl groups excluding tert-OH is 1. The summed E-state index contributed by atoms with van der Waals surface area (Å²) in [4.78, 5) is 12.1. The Kier molecular flexibility index (Phi) is 4.58. The quantitative estimate of drug-likeness (QED) is 0.686. The van der Waals surface area contributed by atoms with Gasteiger partial charge in [-0.3, -0.25) is 0 Å². The molecule has 78 valence electrons. The molecule has 0 amide bonds. The molecule has 0 bridgehead atoms. The molecule has 1 rings (SSSR count). The maximum Gasteiger partial charge on any atom is 0.336 e. The van der Waals surface area contributed by atoms with Gasteiger partial charge >= 0.3 is 5.97 Å². The predicted molar refractivity (Wildman–Crippen MR) is 54.0 cm³/mol. The van der Waals surface area contributed by atoms with E-state index >= 15 is 0 Å². The molecule has 14 heavy (non-hydrogen) atoms. The third-order valence-electron chi connectivity index (χ3n) is 1.67. The molecule has 0 radical (unpaired) electrons. The van der Waals surface area contributed by atoms with Crippen molar-refractivity contribution < 1.29 is 14.6 Å². The van der Waals surface area contributed by atoms with Gasteiger partial charge in [-0.1, -0.05) is 6.07 Å². The van der Waals surface area contributed by atoms with E-state index in [0.29, 0.717) is 6.42 Å². The Bertz CT molecular complexity index is 274. The molecule has 1 atom stereocenters. The highest BCUT2D eigenvalue weighted by molar-refractivity contribution is 7.09. The van der Waals surface area contributed by atoms with Gasteiger partial charge in [-0.15, -0.1) is 11.3 Å². The number of hydrogen-bond donors (Lipinski definition) is 2. The smallest absolute Gasteiger partial charge is 0.336 e. The van der Waals surface area contributed by atoms with E-state index in [0.717, 1.165) is 4.88 Å². The van der Waals surface area contributed by atoms with E-state index in [-0.39, 0.29) is 13.2 Å². The van der Waals surface area contributed by atoms with Crippen LogP contribution in [0.1, 0.15) is 4.88 Å². The number of thiophene rings is 1. The van der Waals surface area contributed by atoms with E-state index in [9.17, 15) is 4.79 Å². The summed E-state index contributed by atoms with van der Waals surface area (Å²) in [6, 6.07) is 3.91. The number of carbonyl (C=O) groups excluding carboxylic acids is 1. The lowest BCUT2D eigenvalue weighted by molar-refractivity contribution is -0.152. The van der Waals surface area contributed by atoms with Crippen LogP contribution in [0.4, 0.5) is 0 Å². The molecule has 0 aliphatic heterocycles. The highest BCUT2D eigenvalue weighted by atomic mass is 32.1. The summed E-state index contributed by atoms with van der Waals surface area (Å²) in [6.45, 7) is 0.189. The van der Waals surface area contributed by atoms with Gasteiger partial charge in [-0.05, 0) is 11.4 Å². The fourth-order valence-electron chi connectivity index (χ4n) is 0.899. The van der Waals surface area contributed by atoms with E-state index in [1.165, 1.54) is 0 Å². The molecular weight excluding hydrogens is 202 g/mol. The average Bonchev–Trinajstić information content (AvgIpc) is 2.69. The van der Waals surface area contributed by atoms with Crippen LogP contribution in [0.15, 0.2) is 17.5 Å². The first-order chi connectivity index (χ1) is 6.74. The average molecular weight is 215 g/mol. The number of carbonyl (C=O) groups is 1. The summed E-state index contributed by atoms with van der Waals surface area (Å²) >= 11 is 1.61. The topological polar surface area (TPSA) is 72.5 Å². The zero-order valence-electron chi connectivity index (χ0n) is 7.68. The van der Waals surface area contributed by atoms with E-state index in [1.54, 1.807) is 11.3 Å². The second-order valence-electron chi connectivity index (χ2n) is 2.75. The minimum atomic E-state index is -1.20. The Morgan fingerprint density at radius 1 is 1.71 bits per heavy atom. The van der Waals surface area contributed by atoms with Gasteiger partial charge in [0.25, 0.3) is 0 Å². The van der Waals surface area contributed by atoms with Gasteiger partial charge in [0.2, 0.25) is 0 Å². The fraction of sp³-hybridized carbons (Fsp3) is 0.444. The van der Waals surface area contributed by atoms with Gasteiger partial charge in [-0.25, -0.2) is 4.79 Å². The lowest BCUT2D eigenvalue weighted by atomic mass is 10.3. The Labute approximate surface area is 86.3 Å². The van der Waals surface area contributed by atoms with Crippen molar-refractivity contribution in [3.05, 3.63) is 22.4 Å². The van der Waals surface area contributed by atoms with Crippen molar-refractivity contribution in [2.24, 2.45) is 5.73 Å². The number of rotatable bonds is 5. The van der Waals surface area contributed by atoms with Crippen molar-refractivity contribution in [2.75, 3.05) is 13.2 Å². The lowest BCUT2D eigenvalue weighted by Gasteiger charge is -2.07. The van der Waals surface area contributed by atoms with Crippen LogP contribution in [0.3, 0.4) is 0 Å². The van der Waals surface area contributed by atoms with Gasteiger partial charge < -0.3 is 15.6 Å². The number of hydrogen-bond acceptors (Lipinski definition) is 5. The van der Waals surface area contributed by atoms with Gasteiger partial charge in [0.1, 0.15) is 0 Å². The van der Waals surface area contributed by atoms with Crippen LogP contribution in [0.2, 0.25) is 0 Å². The van der Waals surface area contributed by atoms with Crippen LogP contribution in [0, 0.1) is 0 Å². The fourth-order valence-corrected chi connectivity index (χ4v) is 1.59. The second kappa shape index (κ2) is 5.74. The highest BCUT2D eigenvalue weighted by Crippen LogP contribution is 2.08. The molecule has 0 aliphatic rings. The van der Waals surface area contributed by atoms with Gasteiger partial charge in [0, 0.05) is 17.8 Å². The van der Waals surface area contributed by atoms with E-state index in [2.05, 4.69) is 0 Å². The molecule has 1 unspecified atom stereocenters. The third-order valence-corrected chi connectivity index (χ3v) is 2.60. The molecule has 0 saturated carbocycles. The predicted octanol–water partition coefficient (Wildman–Crippen LogP) is 0.153. The van der Waals surface area contributed by atoms with Crippen LogP contribution in [-0.4, -0.2) is 30.3 Å². The summed E-state index contributed by atoms with van der Waals surface area (Å²) in [5.74, 6) is -0.649. The molecule has 1 heterocycles. The third kappa shape index (κ3) is 3.45. The van der Waals surface area contributed by atoms with Gasteiger partial charge in [-0.2, -0.15) is 0 Å². The maximum atomic E-state index is 11.0. The Morgan fingerprint density at radius 2 is 2.50 bits per heavy atom. The number of nitrogens with two attached hydrogens (primary N) is 1. The van der Waals surface area contributed by atoms with Gasteiger partial charge in [0.05, 0.1) is 6.61 Å². The maximum absolute atomic E-state index is 11.0. The Balaban J connectivity index is 2.18. The molecule has 0 saturated heterocycles. The van der Waals surface area contributed by atoms with Crippen LogP contribution in [-0.2, 0) is 16.0 Å². The normalized spacial score (nSPS) is 12.4. The molecule has 3 N–H and O–H groups in total. The molecule has 5 heteroatoms. The van der Waals surface area contributed by atoms with Crippen molar-refractivity contribution >= 4 is 17.3 Å². The van der Waals surface area contributed by atoms with Crippen molar-refractivity contribution in [1.29, 1.82) is 0 Å². The van der Waals surface area contributed by atoms with Crippen LogP contribution in [0.25, 0.3) is 0 Å². The van der Waals surface area contributed by atoms with Crippen molar-refractivity contribution in [1.82, 2.24) is 0 Å². The molecule has 1 aromatic rings. The first-order valence-corrected chi connectivity index (χ1v) is 5.19. The molecular formula is C9H13NO3S. The molecule has 0 aromatic carbocycles. The zero-order chi connectivity index (χ0) is 10.4. The van der Waals surface area contributed by atoms with E-state index in [4.69, 9.17) is 15.6 Å². The van der Waals surface area contributed by atoms with Crippen molar-refractivity contribution in [2.45, 2.75) is 12.5 Å². The van der Waals surface area contributed by atoms with Crippen LogP contribution < -0.4 is 5.73 Å². The largest absolute Gasteiger partial charge is 0.463 e. The standard InChI is InChI=1S/C9H13NO3S/c10-6-8(11)9(12)13-4-3-7-2-1-5-14-7/h1-2,5,8,11H,3-4,6,10H2. The molecule has 0 spiro atoms. The van der Waals surface area contributed by atoms with Gasteiger partial charge in [0.15, 0.2) is 6.10 Å². The summed E-state index contributed by atoms with van der Waals surface area (Å²) < 4.78 is 4.81. The Morgan fingerprint density at radius 3 is 3.07 bits per heavy atom. The minimum absolute atomic E-state index is 0.0994. The molecule has 0 fully saturated rings. The second-order valence-corrected chi connectivity index (χ2v) is 3.78. The monoisotopic (exact) mass is 215 g/mol.